The van der Waals surface area contributed by atoms with Crippen LogP contribution in [-0.4, -0.2) is 26.5 Å². The van der Waals surface area contributed by atoms with Gasteiger partial charge in [0.1, 0.15) is 5.82 Å². The van der Waals surface area contributed by atoms with Crippen LogP contribution in [0, 0.1) is 6.92 Å². The van der Waals surface area contributed by atoms with Gasteiger partial charge in [-0.15, -0.1) is 0 Å². The van der Waals surface area contributed by atoms with Crippen molar-refractivity contribution in [1.82, 2.24) is 9.55 Å². The molecule has 2 aromatic carbocycles. The summed E-state index contributed by atoms with van der Waals surface area (Å²) in [6.07, 6.45) is 0.908. The number of carbonyl (C=O) groups is 1. The molecule has 1 atom stereocenters. The second-order valence-corrected chi connectivity index (χ2v) is 9.75. The van der Waals surface area contributed by atoms with Gasteiger partial charge in [-0.2, -0.15) is 0 Å². The Morgan fingerprint density at radius 2 is 1.85 bits per heavy atom. The molecule has 2 N–H and O–H groups in total. The predicted molar refractivity (Wildman–Crippen MR) is 126 cm³/mol. The van der Waals surface area contributed by atoms with Gasteiger partial charge < -0.3 is 10.4 Å². The number of carboxylic acid groups (broad SMARTS) is 1. The zero-order chi connectivity index (χ0) is 24.3. The van der Waals surface area contributed by atoms with Crippen molar-refractivity contribution in [2.24, 2.45) is 0 Å². The highest BCUT2D eigenvalue weighted by Gasteiger charge is 2.49. The minimum absolute atomic E-state index is 0.141. The number of aromatic nitrogens is 2. The molecule has 2 heterocycles. The van der Waals surface area contributed by atoms with E-state index in [-0.39, 0.29) is 30.0 Å². The number of halogens is 2. The number of aromatic carboxylic acids is 1. The molecule has 0 unspecified atom stereocenters. The van der Waals surface area contributed by atoms with E-state index in [4.69, 9.17) is 4.98 Å². The SMILES string of the molecule is Cc1cc([C@@H](C)Nc2ccccc2C(=O)O)c2nc3n(c(=O)c2c1)CCC31CCC(F)(F)CC1. The lowest BCUT2D eigenvalue weighted by molar-refractivity contribution is -0.0523. The van der Waals surface area contributed by atoms with E-state index in [2.05, 4.69) is 5.32 Å². The van der Waals surface area contributed by atoms with Crippen molar-refractivity contribution < 1.29 is 18.7 Å². The number of aryl methyl sites for hydroxylation is 1. The molecule has 1 aliphatic carbocycles. The van der Waals surface area contributed by atoms with Crippen molar-refractivity contribution in [3.05, 3.63) is 69.3 Å². The average molecular weight is 468 g/mol. The lowest BCUT2D eigenvalue weighted by Gasteiger charge is -2.36. The quantitative estimate of drug-likeness (QED) is 0.535. The van der Waals surface area contributed by atoms with Gasteiger partial charge in [-0.25, -0.2) is 18.6 Å². The summed E-state index contributed by atoms with van der Waals surface area (Å²) in [7, 11) is 0. The molecule has 5 rings (SSSR count). The van der Waals surface area contributed by atoms with E-state index in [1.54, 1.807) is 22.8 Å². The van der Waals surface area contributed by atoms with Crippen LogP contribution >= 0.6 is 0 Å². The number of fused-ring (bicyclic) bond motifs is 3. The van der Waals surface area contributed by atoms with Gasteiger partial charge in [0.25, 0.3) is 5.56 Å². The number of alkyl halides is 2. The number of hydrogen-bond donors (Lipinski definition) is 2. The van der Waals surface area contributed by atoms with Crippen molar-refractivity contribution in [2.75, 3.05) is 5.32 Å². The number of rotatable bonds is 4. The summed E-state index contributed by atoms with van der Waals surface area (Å²) in [5, 5.41) is 13.3. The number of para-hydroxylation sites is 1. The largest absolute Gasteiger partial charge is 0.478 e. The molecule has 1 aliphatic heterocycles. The highest BCUT2D eigenvalue weighted by atomic mass is 19.3. The molecule has 0 radical (unpaired) electrons. The summed E-state index contributed by atoms with van der Waals surface area (Å²) in [4.78, 5) is 30.1. The van der Waals surface area contributed by atoms with Crippen LogP contribution in [0.3, 0.4) is 0 Å². The number of hydrogen-bond acceptors (Lipinski definition) is 4. The van der Waals surface area contributed by atoms with Crippen LogP contribution in [0.2, 0.25) is 0 Å². The van der Waals surface area contributed by atoms with E-state index in [0.717, 1.165) is 11.1 Å². The van der Waals surface area contributed by atoms with Crippen molar-refractivity contribution in [1.29, 1.82) is 0 Å². The van der Waals surface area contributed by atoms with Gasteiger partial charge in [-0.1, -0.05) is 18.2 Å². The molecule has 2 aliphatic rings. The molecule has 3 aromatic rings. The Labute approximate surface area is 195 Å². The van der Waals surface area contributed by atoms with Gasteiger partial charge in [0.05, 0.1) is 22.5 Å². The fourth-order valence-corrected chi connectivity index (χ4v) is 5.56. The van der Waals surface area contributed by atoms with Crippen LogP contribution in [0.15, 0.2) is 41.2 Å². The Morgan fingerprint density at radius 1 is 1.15 bits per heavy atom. The van der Waals surface area contributed by atoms with Crippen LogP contribution in [0.5, 0.6) is 0 Å². The van der Waals surface area contributed by atoms with E-state index in [1.807, 2.05) is 26.0 Å². The maximum Gasteiger partial charge on any atom is 0.337 e. The Morgan fingerprint density at radius 3 is 2.56 bits per heavy atom. The van der Waals surface area contributed by atoms with E-state index in [1.165, 1.54) is 6.07 Å². The van der Waals surface area contributed by atoms with Gasteiger partial charge in [-0.3, -0.25) is 9.36 Å². The zero-order valence-corrected chi connectivity index (χ0v) is 19.2. The molecule has 34 heavy (non-hydrogen) atoms. The molecule has 6 nitrogen and oxygen atoms in total. The Bertz CT molecular complexity index is 1360. The first-order valence-electron chi connectivity index (χ1n) is 11.6. The summed E-state index contributed by atoms with van der Waals surface area (Å²) >= 11 is 0. The normalized spacial score (nSPS) is 19.2. The molecular weight excluding hydrogens is 440 g/mol. The highest BCUT2D eigenvalue weighted by Crippen LogP contribution is 2.49. The standard InChI is InChI=1S/C26H27F2N3O3/c1-15-13-18(16(2)29-20-6-4-3-5-17(20)23(33)34)21-19(14-15)22(32)31-12-11-25(24(31)30-21)7-9-26(27,28)10-8-25/h3-6,13-14,16,29H,7-12H2,1-2H3,(H,33,34)/t16-/m1/s1. The van der Waals surface area contributed by atoms with Crippen LogP contribution in [0.4, 0.5) is 14.5 Å². The molecule has 178 valence electrons. The average Bonchev–Trinajstić information content (AvgIpc) is 3.15. The van der Waals surface area contributed by atoms with Gasteiger partial charge in [-0.05, 0) is 56.9 Å². The van der Waals surface area contributed by atoms with Gasteiger partial charge >= 0.3 is 5.97 Å². The van der Waals surface area contributed by atoms with Crippen LogP contribution in [-0.2, 0) is 12.0 Å². The van der Waals surface area contributed by atoms with Crippen molar-refractivity contribution in [2.45, 2.75) is 69.9 Å². The van der Waals surface area contributed by atoms with E-state index in [9.17, 15) is 23.5 Å². The van der Waals surface area contributed by atoms with E-state index >= 15 is 0 Å². The van der Waals surface area contributed by atoms with Gasteiger partial charge in [0.2, 0.25) is 5.92 Å². The molecule has 0 saturated heterocycles. The first-order valence-corrected chi connectivity index (χ1v) is 11.6. The van der Waals surface area contributed by atoms with Crippen LogP contribution in [0.1, 0.15) is 72.4 Å². The Kier molecular flexibility index (Phi) is 5.22. The maximum atomic E-state index is 13.9. The molecule has 1 spiro atoms. The monoisotopic (exact) mass is 467 g/mol. The lowest BCUT2D eigenvalue weighted by Crippen LogP contribution is -2.37. The third-order valence-corrected chi connectivity index (χ3v) is 7.46. The second kappa shape index (κ2) is 7.89. The van der Waals surface area contributed by atoms with E-state index < -0.39 is 17.3 Å². The Balaban J connectivity index is 1.62. The van der Waals surface area contributed by atoms with Gasteiger partial charge in [0.15, 0.2) is 0 Å². The third kappa shape index (κ3) is 3.65. The molecule has 0 bridgehead atoms. The smallest absolute Gasteiger partial charge is 0.337 e. The molecule has 1 fully saturated rings. The summed E-state index contributed by atoms with van der Waals surface area (Å²) in [5.74, 6) is -3.08. The van der Waals surface area contributed by atoms with Crippen molar-refractivity contribution in [3.8, 4) is 0 Å². The van der Waals surface area contributed by atoms with Gasteiger partial charge in [0, 0.05) is 36.1 Å². The molecule has 8 heteroatoms. The lowest BCUT2D eigenvalue weighted by atomic mass is 9.71. The van der Waals surface area contributed by atoms with Crippen molar-refractivity contribution >= 4 is 22.6 Å². The number of nitrogens with zero attached hydrogens (tertiary/aromatic N) is 2. The summed E-state index contributed by atoms with van der Waals surface area (Å²) in [5.41, 5.74) is 2.21. The maximum absolute atomic E-state index is 13.9. The molecule has 0 amide bonds. The summed E-state index contributed by atoms with van der Waals surface area (Å²) < 4.78 is 29.5. The molecule has 1 aromatic heterocycles. The number of benzene rings is 2. The van der Waals surface area contributed by atoms with Crippen LogP contribution in [0.25, 0.3) is 10.9 Å². The first-order chi connectivity index (χ1) is 16.1. The minimum atomic E-state index is -2.66. The fraction of sp³-hybridized carbons (Fsp3) is 0.423. The summed E-state index contributed by atoms with van der Waals surface area (Å²) in [6, 6.07) is 10.1. The van der Waals surface area contributed by atoms with E-state index in [0.29, 0.717) is 48.2 Å². The number of nitrogens with one attached hydrogen (secondary N) is 1. The third-order valence-electron chi connectivity index (χ3n) is 7.46. The first kappa shape index (κ1) is 22.5. The van der Waals surface area contributed by atoms with Crippen molar-refractivity contribution in [3.63, 3.8) is 0 Å². The Hall–Kier alpha value is -3.29. The molecule has 1 saturated carbocycles. The van der Waals surface area contributed by atoms with Crippen LogP contribution < -0.4 is 10.9 Å². The number of anilines is 1. The topological polar surface area (TPSA) is 84.2 Å². The second-order valence-electron chi connectivity index (χ2n) is 9.75. The number of carboxylic acids is 1. The highest BCUT2D eigenvalue weighted by molar-refractivity contribution is 5.94. The predicted octanol–water partition coefficient (Wildman–Crippen LogP) is 5.43. The zero-order valence-electron chi connectivity index (χ0n) is 19.2. The minimum Gasteiger partial charge on any atom is -0.478 e. The fourth-order valence-electron chi connectivity index (χ4n) is 5.56. The summed E-state index contributed by atoms with van der Waals surface area (Å²) in [6.45, 7) is 4.30. The molecular formula is C26H27F2N3O3.